The second kappa shape index (κ2) is 12.1. The number of carbonyl (C=O) groups is 2. The standard InChI is InChI=1S/C25H35FN4O4S/c1-7-14-27-25(32)20(4)29(16-21-10-8-9-11-22(21)26)24(31)17-30(35(33,34)28(5)6)23-15-18(2)12-13-19(23)3/h8-13,15,20H,7,14,16-17H2,1-6H3,(H,27,32)/t20-/m1/s1. The number of carbonyl (C=O) groups excluding carboxylic acids is 2. The van der Waals surface area contributed by atoms with Crippen LogP contribution in [0.25, 0.3) is 0 Å². The molecule has 0 saturated carbocycles. The molecule has 2 aromatic carbocycles. The summed E-state index contributed by atoms with van der Waals surface area (Å²) in [6.45, 7) is 6.73. The van der Waals surface area contributed by atoms with Crippen molar-refractivity contribution >= 4 is 27.7 Å². The highest BCUT2D eigenvalue weighted by Gasteiger charge is 2.33. The van der Waals surface area contributed by atoms with E-state index < -0.39 is 40.4 Å². The fraction of sp³-hybridized carbons (Fsp3) is 0.440. The summed E-state index contributed by atoms with van der Waals surface area (Å²) in [5.41, 5.74) is 2.08. The van der Waals surface area contributed by atoms with E-state index in [1.165, 1.54) is 37.2 Å². The van der Waals surface area contributed by atoms with Crippen molar-refractivity contribution in [3.63, 3.8) is 0 Å². The number of benzene rings is 2. The third-order valence-corrected chi connectivity index (χ3v) is 7.47. The molecule has 2 aromatic rings. The Labute approximate surface area is 207 Å². The summed E-state index contributed by atoms with van der Waals surface area (Å²) in [5, 5.41) is 2.75. The third kappa shape index (κ3) is 7.02. The van der Waals surface area contributed by atoms with Gasteiger partial charge in [-0.3, -0.25) is 9.59 Å². The fourth-order valence-electron chi connectivity index (χ4n) is 3.48. The minimum Gasteiger partial charge on any atom is -0.354 e. The molecule has 0 aromatic heterocycles. The molecular weight excluding hydrogens is 471 g/mol. The van der Waals surface area contributed by atoms with Gasteiger partial charge < -0.3 is 10.2 Å². The zero-order chi connectivity index (χ0) is 26.3. The van der Waals surface area contributed by atoms with Crippen molar-refractivity contribution in [2.45, 2.75) is 46.7 Å². The topological polar surface area (TPSA) is 90.0 Å². The SMILES string of the molecule is CCCNC(=O)[C@@H](C)N(Cc1ccccc1F)C(=O)CN(c1cc(C)ccc1C)S(=O)(=O)N(C)C. The van der Waals surface area contributed by atoms with Crippen molar-refractivity contribution in [3.05, 3.63) is 65.0 Å². The minimum atomic E-state index is -4.06. The van der Waals surface area contributed by atoms with Crippen molar-refractivity contribution in [1.29, 1.82) is 0 Å². The summed E-state index contributed by atoms with van der Waals surface area (Å²) in [6, 6.07) is 10.4. The molecule has 0 aliphatic carbocycles. The van der Waals surface area contributed by atoms with Crippen LogP contribution in [0.5, 0.6) is 0 Å². The third-order valence-electron chi connectivity index (χ3n) is 5.67. The van der Waals surface area contributed by atoms with Crippen LogP contribution < -0.4 is 9.62 Å². The molecular formula is C25H35FN4O4S. The van der Waals surface area contributed by atoms with Gasteiger partial charge in [-0.05, 0) is 50.5 Å². The zero-order valence-corrected chi connectivity index (χ0v) is 22.0. The van der Waals surface area contributed by atoms with Crippen molar-refractivity contribution in [2.24, 2.45) is 0 Å². The average molecular weight is 507 g/mol. The van der Waals surface area contributed by atoms with Crippen LogP contribution in [0.4, 0.5) is 10.1 Å². The Morgan fingerprint density at radius 2 is 1.74 bits per heavy atom. The number of nitrogens with zero attached hydrogens (tertiary/aromatic N) is 3. The Hall–Kier alpha value is -2.98. The number of nitrogens with one attached hydrogen (secondary N) is 1. The molecule has 0 saturated heterocycles. The van der Waals surface area contributed by atoms with Crippen molar-refractivity contribution in [3.8, 4) is 0 Å². The summed E-state index contributed by atoms with van der Waals surface area (Å²) in [5.74, 6) is -1.54. The van der Waals surface area contributed by atoms with Crippen molar-refractivity contribution < 1.29 is 22.4 Å². The average Bonchev–Trinajstić information content (AvgIpc) is 2.81. The van der Waals surface area contributed by atoms with Gasteiger partial charge >= 0.3 is 10.2 Å². The van der Waals surface area contributed by atoms with Crippen LogP contribution in [0, 0.1) is 19.7 Å². The second-order valence-electron chi connectivity index (χ2n) is 8.67. The van der Waals surface area contributed by atoms with E-state index in [9.17, 15) is 22.4 Å². The number of anilines is 1. The van der Waals surface area contributed by atoms with Crippen LogP contribution in [0.15, 0.2) is 42.5 Å². The molecule has 1 atom stereocenters. The van der Waals surface area contributed by atoms with E-state index in [1.54, 1.807) is 32.0 Å². The lowest BCUT2D eigenvalue weighted by molar-refractivity contribution is -0.139. The number of halogens is 1. The predicted octanol–water partition coefficient (Wildman–Crippen LogP) is 3.00. The molecule has 0 fully saturated rings. The number of rotatable bonds is 11. The Morgan fingerprint density at radius 3 is 2.34 bits per heavy atom. The van der Waals surface area contributed by atoms with Crippen LogP contribution >= 0.6 is 0 Å². The summed E-state index contributed by atoms with van der Waals surface area (Å²) in [6.07, 6.45) is 0.710. The highest BCUT2D eigenvalue weighted by atomic mass is 32.2. The van der Waals surface area contributed by atoms with E-state index in [0.717, 1.165) is 14.2 Å². The van der Waals surface area contributed by atoms with Gasteiger partial charge in [0.1, 0.15) is 18.4 Å². The van der Waals surface area contributed by atoms with Gasteiger partial charge in [0, 0.05) is 32.7 Å². The first-order chi connectivity index (χ1) is 16.4. The lowest BCUT2D eigenvalue weighted by Crippen LogP contribution is -2.52. The lowest BCUT2D eigenvalue weighted by atomic mass is 10.1. The normalized spacial score (nSPS) is 12.3. The maximum Gasteiger partial charge on any atom is 0.304 e. The Kier molecular flexibility index (Phi) is 9.79. The summed E-state index contributed by atoms with van der Waals surface area (Å²) < 4.78 is 43.0. The largest absolute Gasteiger partial charge is 0.354 e. The smallest absolute Gasteiger partial charge is 0.304 e. The maximum atomic E-state index is 14.4. The van der Waals surface area contributed by atoms with Gasteiger partial charge in [-0.1, -0.05) is 37.3 Å². The maximum absolute atomic E-state index is 14.4. The molecule has 0 unspecified atom stereocenters. The molecule has 2 rings (SSSR count). The summed E-state index contributed by atoms with van der Waals surface area (Å²) in [4.78, 5) is 27.6. The van der Waals surface area contributed by atoms with E-state index in [-0.39, 0.29) is 12.1 Å². The quantitative estimate of drug-likeness (QED) is 0.507. The molecule has 2 amide bonds. The number of amides is 2. The van der Waals surface area contributed by atoms with Gasteiger partial charge in [-0.15, -0.1) is 0 Å². The van der Waals surface area contributed by atoms with Crippen LogP contribution in [0.2, 0.25) is 0 Å². The van der Waals surface area contributed by atoms with E-state index in [0.29, 0.717) is 24.2 Å². The first-order valence-electron chi connectivity index (χ1n) is 11.5. The summed E-state index contributed by atoms with van der Waals surface area (Å²) >= 11 is 0. The van der Waals surface area contributed by atoms with E-state index in [2.05, 4.69) is 5.32 Å². The van der Waals surface area contributed by atoms with Gasteiger partial charge in [0.25, 0.3) is 0 Å². The number of hydrogen-bond acceptors (Lipinski definition) is 4. The van der Waals surface area contributed by atoms with Gasteiger partial charge in [0.15, 0.2) is 0 Å². The molecule has 0 aliphatic rings. The van der Waals surface area contributed by atoms with E-state index >= 15 is 0 Å². The number of hydrogen-bond donors (Lipinski definition) is 1. The molecule has 192 valence electrons. The highest BCUT2D eigenvalue weighted by molar-refractivity contribution is 7.90. The van der Waals surface area contributed by atoms with Crippen LogP contribution in [0.3, 0.4) is 0 Å². The molecule has 8 nitrogen and oxygen atoms in total. The highest BCUT2D eigenvalue weighted by Crippen LogP contribution is 2.26. The molecule has 0 radical (unpaired) electrons. The number of aryl methyl sites for hydroxylation is 2. The van der Waals surface area contributed by atoms with Crippen molar-refractivity contribution in [2.75, 3.05) is 31.5 Å². The van der Waals surface area contributed by atoms with Gasteiger partial charge in [-0.2, -0.15) is 12.7 Å². The first-order valence-corrected chi connectivity index (χ1v) is 12.9. The monoisotopic (exact) mass is 506 g/mol. The molecule has 0 bridgehead atoms. The Morgan fingerprint density at radius 1 is 1.09 bits per heavy atom. The van der Waals surface area contributed by atoms with E-state index in [4.69, 9.17) is 0 Å². The molecule has 0 spiro atoms. The van der Waals surface area contributed by atoms with Crippen LogP contribution in [-0.2, 0) is 26.3 Å². The zero-order valence-electron chi connectivity index (χ0n) is 21.2. The molecule has 0 heterocycles. The molecule has 0 aliphatic heterocycles. The van der Waals surface area contributed by atoms with Crippen LogP contribution in [-0.4, -0.2) is 62.7 Å². The Balaban J connectivity index is 2.51. The first kappa shape index (κ1) is 28.3. The lowest BCUT2D eigenvalue weighted by Gasteiger charge is -2.33. The minimum absolute atomic E-state index is 0.186. The van der Waals surface area contributed by atoms with Crippen molar-refractivity contribution in [1.82, 2.24) is 14.5 Å². The fourth-order valence-corrected chi connectivity index (χ4v) is 4.59. The second-order valence-corrected chi connectivity index (χ2v) is 10.7. The molecule has 1 N–H and O–H groups in total. The Bertz CT molecular complexity index is 1150. The van der Waals surface area contributed by atoms with Crippen LogP contribution in [0.1, 0.15) is 37.0 Å². The molecule has 10 heteroatoms. The predicted molar refractivity (Wildman–Crippen MR) is 136 cm³/mol. The van der Waals surface area contributed by atoms with Gasteiger partial charge in [0.2, 0.25) is 11.8 Å². The van der Waals surface area contributed by atoms with Gasteiger partial charge in [0.05, 0.1) is 5.69 Å². The van der Waals surface area contributed by atoms with E-state index in [1.807, 2.05) is 19.9 Å². The summed E-state index contributed by atoms with van der Waals surface area (Å²) in [7, 11) is -1.29. The van der Waals surface area contributed by atoms with Gasteiger partial charge in [-0.25, -0.2) is 8.70 Å². The molecule has 35 heavy (non-hydrogen) atoms.